The van der Waals surface area contributed by atoms with E-state index in [0.29, 0.717) is 0 Å². The minimum absolute atomic E-state index is 0.0139. The highest BCUT2D eigenvalue weighted by Crippen LogP contribution is 2.24. The quantitative estimate of drug-likeness (QED) is 0.507. The van der Waals surface area contributed by atoms with Gasteiger partial charge in [0.05, 0.1) is 17.6 Å². The largest absolute Gasteiger partial charge is 0.483 e. The molecule has 0 unspecified atom stereocenters. The topological polar surface area (TPSA) is 99.4 Å². The first kappa shape index (κ1) is 23.1. The molecule has 1 aromatic heterocycles. The summed E-state index contributed by atoms with van der Waals surface area (Å²) >= 11 is 0. The molecule has 5 rings (SSSR count). The van der Waals surface area contributed by atoms with E-state index in [1.807, 2.05) is 49.4 Å². The molecule has 0 aliphatic carbocycles. The second-order valence-corrected chi connectivity index (χ2v) is 9.26. The lowest BCUT2D eigenvalue weighted by atomic mass is 9.92. The van der Waals surface area contributed by atoms with E-state index < -0.39 is 0 Å². The lowest BCUT2D eigenvalue weighted by Gasteiger charge is -2.41. The Morgan fingerprint density at radius 3 is 3.03 bits per heavy atom. The number of carbonyl (C=O) groups excluding carboxylic acids is 2. The Hall–Kier alpha value is -3.65. The molecule has 1 saturated heterocycles. The summed E-state index contributed by atoms with van der Waals surface area (Å²) in [5.41, 5.74) is 3.57. The fourth-order valence-corrected chi connectivity index (χ4v) is 5.06. The molecule has 2 amide bonds. The molecule has 3 aromatic rings. The summed E-state index contributed by atoms with van der Waals surface area (Å²) in [6.07, 6.45) is 7.62. The number of nitrogens with one attached hydrogen (secondary N) is 3. The van der Waals surface area contributed by atoms with Crippen molar-refractivity contribution in [2.45, 2.75) is 44.7 Å². The van der Waals surface area contributed by atoms with Crippen LogP contribution in [0, 0.1) is 6.92 Å². The zero-order valence-electron chi connectivity index (χ0n) is 19.9. The first-order valence-corrected chi connectivity index (χ1v) is 12.2. The summed E-state index contributed by atoms with van der Waals surface area (Å²) in [4.78, 5) is 35.5. The molecule has 2 aliphatic rings. The normalized spacial score (nSPS) is 22.0. The van der Waals surface area contributed by atoms with E-state index in [0.717, 1.165) is 66.1 Å². The average molecular weight is 474 g/mol. The van der Waals surface area contributed by atoms with Crippen LogP contribution in [0.2, 0.25) is 0 Å². The molecule has 182 valence electrons. The number of rotatable bonds is 3. The zero-order valence-corrected chi connectivity index (χ0v) is 19.9. The van der Waals surface area contributed by atoms with Crippen LogP contribution in [0.15, 0.2) is 54.6 Å². The lowest BCUT2D eigenvalue weighted by molar-refractivity contribution is -0.124. The number of anilines is 1. The van der Waals surface area contributed by atoms with Crippen LogP contribution in [-0.2, 0) is 16.0 Å². The number of H-pyrrole nitrogens is 1. The third-order valence-electron chi connectivity index (χ3n) is 6.68. The first-order chi connectivity index (χ1) is 17.0. The number of carbonyl (C=O) groups is 2. The van der Waals surface area contributed by atoms with Crippen LogP contribution < -0.4 is 15.4 Å². The van der Waals surface area contributed by atoms with Gasteiger partial charge in [0.1, 0.15) is 11.6 Å². The van der Waals surface area contributed by atoms with Crippen molar-refractivity contribution in [3.8, 4) is 5.75 Å². The number of benzene rings is 2. The number of allylic oxidation sites excluding steroid dienone is 1. The Kier molecular flexibility index (Phi) is 6.81. The van der Waals surface area contributed by atoms with Crippen LogP contribution in [0.3, 0.4) is 0 Å². The van der Waals surface area contributed by atoms with E-state index >= 15 is 0 Å². The smallest absolute Gasteiger partial charge is 0.258 e. The fourth-order valence-electron chi connectivity index (χ4n) is 5.06. The number of likely N-dealkylation sites (tertiary alicyclic amines) is 1. The van der Waals surface area contributed by atoms with Crippen LogP contribution >= 0.6 is 0 Å². The van der Waals surface area contributed by atoms with E-state index in [9.17, 15) is 9.59 Å². The average Bonchev–Trinajstić information content (AvgIpc) is 3.21. The Morgan fingerprint density at radius 2 is 2.11 bits per heavy atom. The highest BCUT2D eigenvalue weighted by molar-refractivity contribution is 5.94. The first-order valence-electron chi connectivity index (χ1n) is 12.2. The summed E-state index contributed by atoms with van der Waals surface area (Å²) in [5, 5.41) is 6.18. The molecule has 0 saturated carbocycles. The van der Waals surface area contributed by atoms with Crippen molar-refractivity contribution in [1.82, 2.24) is 20.2 Å². The van der Waals surface area contributed by atoms with Gasteiger partial charge in [-0.3, -0.25) is 14.5 Å². The second-order valence-electron chi connectivity index (χ2n) is 9.26. The van der Waals surface area contributed by atoms with Crippen molar-refractivity contribution in [1.29, 1.82) is 0 Å². The van der Waals surface area contributed by atoms with Gasteiger partial charge in [-0.1, -0.05) is 30.4 Å². The molecule has 2 atom stereocenters. The number of aromatic nitrogens is 2. The Morgan fingerprint density at radius 1 is 1.23 bits per heavy atom. The van der Waals surface area contributed by atoms with E-state index in [1.54, 1.807) is 0 Å². The minimum atomic E-state index is -0.131. The van der Waals surface area contributed by atoms with Crippen molar-refractivity contribution >= 4 is 28.5 Å². The Balaban J connectivity index is 1.29. The molecule has 8 nitrogen and oxygen atoms in total. The maximum absolute atomic E-state index is 13.0. The van der Waals surface area contributed by atoms with Crippen molar-refractivity contribution in [3.05, 3.63) is 66.0 Å². The van der Waals surface area contributed by atoms with Crippen molar-refractivity contribution in [3.63, 3.8) is 0 Å². The molecule has 0 spiro atoms. The van der Waals surface area contributed by atoms with E-state index in [2.05, 4.69) is 37.7 Å². The van der Waals surface area contributed by atoms with Gasteiger partial charge in [0.2, 0.25) is 5.91 Å². The van der Waals surface area contributed by atoms with Gasteiger partial charge in [0, 0.05) is 17.8 Å². The fraction of sp³-hybridized carbons (Fsp3) is 0.370. The number of fused-ring (bicyclic) bond motifs is 3. The highest BCUT2D eigenvalue weighted by atomic mass is 16.5. The Bertz CT molecular complexity index is 1250. The Labute approximate surface area is 204 Å². The summed E-state index contributed by atoms with van der Waals surface area (Å²) in [5.74, 6) is 1.39. The van der Waals surface area contributed by atoms with Crippen LogP contribution in [0.4, 0.5) is 5.69 Å². The molecule has 3 N–H and O–H groups in total. The van der Waals surface area contributed by atoms with Gasteiger partial charge in [-0.2, -0.15) is 0 Å². The molecule has 35 heavy (non-hydrogen) atoms. The summed E-state index contributed by atoms with van der Waals surface area (Å²) in [6, 6.07) is 13.5. The number of aryl methyl sites for hydroxylation is 1. The molecule has 0 radical (unpaired) electrons. The second kappa shape index (κ2) is 10.3. The highest BCUT2D eigenvalue weighted by Gasteiger charge is 2.33. The minimum Gasteiger partial charge on any atom is -0.483 e. The van der Waals surface area contributed by atoms with Crippen LogP contribution in [0.25, 0.3) is 11.0 Å². The third-order valence-corrected chi connectivity index (χ3v) is 6.68. The van der Waals surface area contributed by atoms with Gasteiger partial charge >= 0.3 is 0 Å². The van der Waals surface area contributed by atoms with E-state index in [4.69, 9.17) is 4.74 Å². The third kappa shape index (κ3) is 5.54. The number of hydrogen-bond donors (Lipinski definition) is 3. The molecular formula is C27H31N5O3. The SMILES string of the molecule is Cc1nc2ccc(NC(=O)CN3CCC[C@H]4NC(=O)COc5ccccc5C/C=C/C[C@H]43)cc2[nH]1. The van der Waals surface area contributed by atoms with Crippen molar-refractivity contribution in [2.75, 3.05) is 25.0 Å². The van der Waals surface area contributed by atoms with Crippen LogP contribution in [-0.4, -0.2) is 58.5 Å². The number of aromatic amines is 1. The van der Waals surface area contributed by atoms with Gasteiger partial charge < -0.3 is 20.4 Å². The van der Waals surface area contributed by atoms with Gasteiger partial charge in [-0.15, -0.1) is 0 Å². The molecule has 8 heteroatoms. The number of ether oxygens (including phenoxy) is 1. The monoisotopic (exact) mass is 473 g/mol. The van der Waals surface area contributed by atoms with Crippen LogP contribution in [0.5, 0.6) is 5.75 Å². The van der Waals surface area contributed by atoms with Crippen LogP contribution in [0.1, 0.15) is 30.7 Å². The number of piperidine rings is 1. The maximum Gasteiger partial charge on any atom is 0.258 e. The summed E-state index contributed by atoms with van der Waals surface area (Å²) in [6.45, 7) is 2.98. The summed E-state index contributed by atoms with van der Waals surface area (Å²) in [7, 11) is 0. The molecular weight excluding hydrogens is 442 g/mol. The number of imidazole rings is 1. The van der Waals surface area contributed by atoms with Gasteiger partial charge in [0.25, 0.3) is 5.91 Å². The predicted octanol–water partition coefficient (Wildman–Crippen LogP) is 3.34. The summed E-state index contributed by atoms with van der Waals surface area (Å²) < 4.78 is 5.81. The van der Waals surface area contributed by atoms with Crippen molar-refractivity contribution < 1.29 is 14.3 Å². The van der Waals surface area contributed by atoms with E-state index in [1.165, 1.54) is 0 Å². The van der Waals surface area contributed by atoms with Gasteiger partial charge in [-0.25, -0.2) is 4.98 Å². The molecule has 0 bridgehead atoms. The number of hydrogen-bond acceptors (Lipinski definition) is 5. The lowest BCUT2D eigenvalue weighted by Crippen LogP contribution is -2.57. The predicted molar refractivity (Wildman–Crippen MR) is 135 cm³/mol. The number of nitrogens with zero attached hydrogens (tertiary/aromatic N) is 2. The molecule has 3 heterocycles. The van der Waals surface area contributed by atoms with Crippen molar-refractivity contribution in [2.24, 2.45) is 0 Å². The van der Waals surface area contributed by atoms with E-state index in [-0.39, 0.29) is 37.0 Å². The molecule has 1 fully saturated rings. The van der Waals surface area contributed by atoms with Gasteiger partial charge in [0.15, 0.2) is 6.61 Å². The molecule has 2 aromatic carbocycles. The molecule has 2 aliphatic heterocycles. The zero-order chi connectivity index (χ0) is 24.2. The standard InChI is InChI=1S/C27H31N5O3/c1-18-28-21-13-12-20(15-23(21)29-18)30-26(33)16-32-14-6-9-22-24(32)10-4-2-7-19-8-3-5-11-25(19)35-17-27(34)31-22/h2-5,8,11-13,15,22,24H,6-7,9-10,14,16-17H2,1H3,(H,28,29)(H,30,33)(H,31,34)/b4-2+/t22-,24-/m1/s1. The maximum atomic E-state index is 13.0. The number of amides is 2. The van der Waals surface area contributed by atoms with Gasteiger partial charge in [-0.05, 0) is 69.0 Å². The number of para-hydroxylation sites is 1.